The first-order valence-electron chi connectivity index (χ1n) is 7.91. The van der Waals surface area contributed by atoms with Crippen LogP contribution in [0.1, 0.15) is 25.3 Å². The number of rotatable bonds is 5. The molecule has 0 aliphatic heterocycles. The second-order valence-corrected chi connectivity index (χ2v) is 5.74. The van der Waals surface area contributed by atoms with E-state index >= 15 is 0 Å². The van der Waals surface area contributed by atoms with Crippen molar-refractivity contribution in [2.75, 3.05) is 7.11 Å². The Kier molecular flexibility index (Phi) is 4.75. The van der Waals surface area contributed by atoms with E-state index in [-0.39, 0.29) is 0 Å². The summed E-state index contributed by atoms with van der Waals surface area (Å²) in [5.41, 5.74) is 2.97. The van der Waals surface area contributed by atoms with Gasteiger partial charge >= 0.3 is 0 Å². The Labute approximate surface area is 142 Å². The molecular weight excluding hydrogens is 300 g/mol. The zero-order chi connectivity index (χ0) is 16.9. The minimum Gasteiger partial charge on any atom is -0.481 e. The summed E-state index contributed by atoms with van der Waals surface area (Å²) < 4.78 is 11.4. The lowest BCUT2D eigenvalue weighted by molar-refractivity contribution is 0.399. The molecule has 0 saturated carbocycles. The van der Waals surface area contributed by atoms with Crippen molar-refractivity contribution >= 4 is 0 Å². The van der Waals surface area contributed by atoms with E-state index < -0.39 is 0 Å². The number of hydrogen-bond donors (Lipinski definition) is 0. The molecular formula is C20H20N2O2. The lowest BCUT2D eigenvalue weighted by atomic mass is 10.0. The van der Waals surface area contributed by atoms with Crippen LogP contribution in [0.4, 0.5) is 0 Å². The van der Waals surface area contributed by atoms with Gasteiger partial charge in [-0.2, -0.15) is 0 Å². The highest BCUT2D eigenvalue weighted by Gasteiger charge is 2.13. The fourth-order valence-electron chi connectivity index (χ4n) is 2.47. The van der Waals surface area contributed by atoms with E-state index in [4.69, 9.17) is 9.47 Å². The maximum absolute atomic E-state index is 6.00. The number of aromatic nitrogens is 2. The van der Waals surface area contributed by atoms with Crippen LogP contribution in [0, 0.1) is 0 Å². The molecule has 0 amide bonds. The van der Waals surface area contributed by atoms with Crippen molar-refractivity contribution in [1.82, 2.24) is 9.97 Å². The SMILES string of the molecule is COc1ncccc1-c1cccnc1Oc1ccc(C(C)C)cc1. The number of ether oxygens (including phenoxy) is 2. The molecule has 2 heterocycles. The highest BCUT2D eigenvalue weighted by Crippen LogP contribution is 2.35. The van der Waals surface area contributed by atoms with Gasteiger partial charge in [-0.15, -0.1) is 0 Å². The molecule has 0 aliphatic carbocycles. The van der Waals surface area contributed by atoms with Crippen LogP contribution in [0.25, 0.3) is 11.1 Å². The normalized spacial score (nSPS) is 10.7. The van der Waals surface area contributed by atoms with Crippen molar-refractivity contribution in [1.29, 1.82) is 0 Å². The summed E-state index contributed by atoms with van der Waals surface area (Å²) in [5.74, 6) is 2.32. The molecule has 0 radical (unpaired) electrons. The summed E-state index contributed by atoms with van der Waals surface area (Å²) in [7, 11) is 1.60. The van der Waals surface area contributed by atoms with Crippen molar-refractivity contribution in [3.63, 3.8) is 0 Å². The first-order valence-corrected chi connectivity index (χ1v) is 7.91. The van der Waals surface area contributed by atoms with Gasteiger partial charge in [-0.25, -0.2) is 9.97 Å². The highest BCUT2D eigenvalue weighted by molar-refractivity contribution is 5.73. The van der Waals surface area contributed by atoms with Crippen LogP contribution in [0.3, 0.4) is 0 Å². The average Bonchev–Trinajstić information content (AvgIpc) is 2.62. The second-order valence-electron chi connectivity index (χ2n) is 5.74. The third-order valence-electron chi connectivity index (χ3n) is 3.79. The van der Waals surface area contributed by atoms with Crippen LogP contribution in [0.15, 0.2) is 60.9 Å². The molecule has 0 spiro atoms. The second kappa shape index (κ2) is 7.13. The van der Waals surface area contributed by atoms with Gasteiger partial charge < -0.3 is 9.47 Å². The zero-order valence-electron chi connectivity index (χ0n) is 14.1. The molecule has 2 aromatic heterocycles. The molecule has 1 aromatic carbocycles. The molecule has 0 atom stereocenters. The van der Waals surface area contributed by atoms with E-state index in [1.54, 1.807) is 19.5 Å². The van der Waals surface area contributed by atoms with Crippen LogP contribution in [0.2, 0.25) is 0 Å². The van der Waals surface area contributed by atoms with E-state index in [0.717, 1.165) is 16.9 Å². The molecule has 0 aliphatic rings. The Morgan fingerprint density at radius 2 is 1.38 bits per heavy atom. The predicted octanol–water partition coefficient (Wildman–Crippen LogP) is 5.07. The van der Waals surface area contributed by atoms with E-state index in [0.29, 0.717) is 17.7 Å². The van der Waals surface area contributed by atoms with E-state index in [9.17, 15) is 0 Å². The Balaban J connectivity index is 1.95. The van der Waals surface area contributed by atoms with E-state index in [2.05, 4.69) is 35.9 Å². The fraction of sp³-hybridized carbons (Fsp3) is 0.200. The highest BCUT2D eigenvalue weighted by atomic mass is 16.5. The monoisotopic (exact) mass is 320 g/mol. The Bertz CT molecular complexity index is 814. The van der Waals surface area contributed by atoms with Crippen molar-refractivity contribution in [3.05, 3.63) is 66.5 Å². The number of nitrogens with zero attached hydrogens (tertiary/aromatic N) is 2. The van der Waals surface area contributed by atoms with Gasteiger partial charge in [0.2, 0.25) is 11.8 Å². The number of methoxy groups -OCH3 is 1. The van der Waals surface area contributed by atoms with Crippen LogP contribution < -0.4 is 9.47 Å². The number of benzene rings is 1. The summed E-state index contributed by atoms with van der Waals surface area (Å²) in [6, 6.07) is 15.7. The molecule has 3 aromatic rings. The van der Waals surface area contributed by atoms with Crippen LogP contribution >= 0.6 is 0 Å². The largest absolute Gasteiger partial charge is 0.481 e. The predicted molar refractivity (Wildman–Crippen MR) is 94.6 cm³/mol. The summed E-state index contributed by atoms with van der Waals surface area (Å²) >= 11 is 0. The molecule has 3 rings (SSSR count). The first kappa shape index (κ1) is 16.0. The van der Waals surface area contributed by atoms with Gasteiger partial charge in [0.05, 0.1) is 7.11 Å². The summed E-state index contributed by atoms with van der Waals surface area (Å²) in [6.45, 7) is 4.34. The number of pyridine rings is 2. The molecule has 0 unspecified atom stereocenters. The molecule has 0 bridgehead atoms. The molecule has 24 heavy (non-hydrogen) atoms. The van der Waals surface area contributed by atoms with E-state index in [1.165, 1.54) is 5.56 Å². The van der Waals surface area contributed by atoms with Gasteiger partial charge in [0, 0.05) is 23.5 Å². The standard InChI is InChI=1S/C20H20N2O2/c1-14(2)15-8-10-16(11-9-15)24-20-18(7-5-13-22-20)17-6-4-12-21-19(17)23-3/h4-14H,1-3H3. The van der Waals surface area contributed by atoms with Gasteiger partial charge in [-0.1, -0.05) is 26.0 Å². The lowest BCUT2D eigenvalue weighted by Gasteiger charge is -2.12. The average molecular weight is 320 g/mol. The zero-order valence-corrected chi connectivity index (χ0v) is 14.1. The van der Waals surface area contributed by atoms with Gasteiger partial charge in [-0.3, -0.25) is 0 Å². The van der Waals surface area contributed by atoms with Crippen molar-refractivity contribution in [2.45, 2.75) is 19.8 Å². The van der Waals surface area contributed by atoms with Crippen molar-refractivity contribution < 1.29 is 9.47 Å². The van der Waals surface area contributed by atoms with Gasteiger partial charge in [0.25, 0.3) is 0 Å². The summed E-state index contributed by atoms with van der Waals surface area (Å²) in [5, 5.41) is 0. The van der Waals surface area contributed by atoms with Crippen molar-refractivity contribution in [3.8, 4) is 28.6 Å². The maximum Gasteiger partial charge on any atom is 0.227 e. The van der Waals surface area contributed by atoms with Gasteiger partial charge in [-0.05, 0) is 47.9 Å². The molecule has 0 saturated heterocycles. The molecule has 4 nitrogen and oxygen atoms in total. The van der Waals surface area contributed by atoms with Gasteiger partial charge in [0.15, 0.2) is 0 Å². The Morgan fingerprint density at radius 1 is 0.792 bits per heavy atom. The summed E-state index contributed by atoms with van der Waals surface area (Å²) in [6.07, 6.45) is 3.41. The van der Waals surface area contributed by atoms with E-state index in [1.807, 2.05) is 36.4 Å². The van der Waals surface area contributed by atoms with Crippen LogP contribution in [0.5, 0.6) is 17.5 Å². The fourth-order valence-corrected chi connectivity index (χ4v) is 2.47. The molecule has 0 fully saturated rings. The minimum atomic E-state index is 0.490. The third kappa shape index (κ3) is 3.38. The Hall–Kier alpha value is -2.88. The topological polar surface area (TPSA) is 44.2 Å². The molecule has 0 N–H and O–H groups in total. The maximum atomic E-state index is 6.00. The smallest absolute Gasteiger partial charge is 0.227 e. The first-order chi connectivity index (χ1) is 11.7. The number of hydrogen-bond acceptors (Lipinski definition) is 4. The van der Waals surface area contributed by atoms with Crippen LogP contribution in [-0.4, -0.2) is 17.1 Å². The molecule has 122 valence electrons. The lowest BCUT2D eigenvalue weighted by Crippen LogP contribution is -1.95. The quantitative estimate of drug-likeness (QED) is 0.658. The molecule has 4 heteroatoms. The van der Waals surface area contributed by atoms with Crippen LogP contribution in [-0.2, 0) is 0 Å². The van der Waals surface area contributed by atoms with Gasteiger partial charge in [0.1, 0.15) is 5.75 Å². The summed E-state index contributed by atoms with van der Waals surface area (Å²) in [4.78, 5) is 8.62. The minimum absolute atomic E-state index is 0.490. The third-order valence-corrected chi connectivity index (χ3v) is 3.79. The van der Waals surface area contributed by atoms with Crippen molar-refractivity contribution in [2.24, 2.45) is 0 Å². The Morgan fingerprint density at radius 3 is 1.96 bits per heavy atom.